The molecule has 0 aromatic heterocycles. The maximum Gasteiger partial charge on any atom is -0.0132 e. The Labute approximate surface area is 144 Å². The quantitative estimate of drug-likeness (QED) is 0.525. The standard InChI is InChI=1S/C23H36/c1-22(2,3)20-13-19(14-21(15-20)23(4,5)6)18-11-16-9-7-8-10-17(16)12-18/h13-18H,7-12H2,1-6H3. The summed E-state index contributed by atoms with van der Waals surface area (Å²) < 4.78 is 0. The van der Waals surface area contributed by atoms with Crippen molar-refractivity contribution < 1.29 is 0 Å². The van der Waals surface area contributed by atoms with Gasteiger partial charge >= 0.3 is 0 Å². The minimum absolute atomic E-state index is 0.237. The van der Waals surface area contributed by atoms with Crippen LogP contribution in [-0.2, 0) is 10.8 Å². The molecule has 0 heterocycles. The van der Waals surface area contributed by atoms with Crippen LogP contribution < -0.4 is 0 Å². The molecule has 0 N–H and O–H groups in total. The van der Waals surface area contributed by atoms with Gasteiger partial charge in [0, 0.05) is 0 Å². The second-order valence-electron chi connectivity index (χ2n) is 10.3. The van der Waals surface area contributed by atoms with Gasteiger partial charge in [0.25, 0.3) is 0 Å². The summed E-state index contributed by atoms with van der Waals surface area (Å²) in [5, 5.41) is 0. The van der Waals surface area contributed by atoms with E-state index in [1.807, 2.05) is 0 Å². The molecule has 2 aliphatic rings. The van der Waals surface area contributed by atoms with Crippen LogP contribution in [0.3, 0.4) is 0 Å². The fraction of sp³-hybridized carbons (Fsp3) is 0.739. The first-order chi connectivity index (χ1) is 10.6. The van der Waals surface area contributed by atoms with Crippen LogP contribution in [-0.4, -0.2) is 0 Å². The van der Waals surface area contributed by atoms with Crippen LogP contribution in [0.2, 0.25) is 0 Å². The van der Waals surface area contributed by atoms with E-state index in [0.29, 0.717) is 0 Å². The van der Waals surface area contributed by atoms with Crippen LogP contribution in [0.25, 0.3) is 0 Å². The van der Waals surface area contributed by atoms with Crippen LogP contribution in [0.1, 0.15) is 103 Å². The van der Waals surface area contributed by atoms with E-state index >= 15 is 0 Å². The van der Waals surface area contributed by atoms with Crippen LogP contribution in [0.15, 0.2) is 18.2 Å². The summed E-state index contributed by atoms with van der Waals surface area (Å²) in [7, 11) is 0. The Kier molecular flexibility index (Phi) is 4.40. The van der Waals surface area contributed by atoms with Crippen molar-refractivity contribution in [3.63, 3.8) is 0 Å². The molecule has 0 saturated heterocycles. The first kappa shape index (κ1) is 17.1. The molecule has 0 radical (unpaired) electrons. The molecule has 1 aromatic carbocycles. The monoisotopic (exact) mass is 312 g/mol. The number of hydrogen-bond acceptors (Lipinski definition) is 0. The molecule has 2 atom stereocenters. The van der Waals surface area contributed by atoms with E-state index in [1.165, 1.54) is 49.7 Å². The summed E-state index contributed by atoms with van der Waals surface area (Å²) in [6.07, 6.45) is 8.83. The molecule has 1 aromatic rings. The molecular formula is C23H36. The van der Waals surface area contributed by atoms with Crippen LogP contribution in [0.5, 0.6) is 0 Å². The van der Waals surface area contributed by atoms with Gasteiger partial charge in [-0.05, 0) is 58.1 Å². The number of hydrogen-bond donors (Lipinski definition) is 0. The van der Waals surface area contributed by atoms with Crippen LogP contribution in [0, 0.1) is 11.8 Å². The molecule has 0 amide bonds. The van der Waals surface area contributed by atoms with Gasteiger partial charge in [0.05, 0.1) is 0 Å². The molecular weight excluding hydrogens is 276 g/mol. The van der Waals surface area contributed by atoms with Crippen molar-refractivity contribution in [2.45, 2.75) is 96.8 Å². The zero-order valence-corrected chi connectivity index (χ0v) is 16.2. The van der Waals surface area contributed by atoms with E-state index in [2.05, 4.69) is 59.7 Å². The molecule has 2 unspecified atom stereocenters. The van der Waals surface area contributed by atoms with E-state index in [0.717, 1.165) is 17.8 Å². The zero-order chi connectivity index (χ0) is 16.8. The predicted molar refractivity (Wildman–Crippen MR) is 101 cm³/mol. The fourth-order valence-corrected chi connectivity index (χ4v) is 4.76. The Morgan fingerprint density at radius 1 is 0.696 bits per heavy atom. The van der Waals surface area contributed by atoms with Crippen molar-refractivity contribution in [2.75, 3.05) is 0 Å². The van der Waals surface area contributed by atoms with Gasteiger partial charge in [-0.2, -0.15) is 0 Å². The molecule has 3 rings (SSSR count). The molecule has 2 aliphatic carbocycles. The molecule has 0 nitrogen and oxygen atoms in total. The number of benzene rings is 1. The smallest absolute Gasteiger partial charge is 0.0132 e. The summed E-state index contributed by atoms with van der Waals surface area (Å²) in [4.78, 5) is 0. The normalized spacial score (nSPS) is 28.7. The van der Waals surface area contributed by atoms with Crippen LogP contribution >= 0.6 is 0 Å². The SMILES string of the molecule is CC(C)(C)c1cc(C2CC3CCCCC3C2)cc(C(C)(C)C)c1. The van der Waals surface area contributed by atoms with Crippen LogP contribution in [0.4, 0.5) is 0 Å². The first-order valence-corrected chi connectivity index (χ1v) is 9.80. The summed E-state index contributed by atoms with van der Waals surface area (Å²) >= 11 is 0. The molecule has 128 valence electrons. The summed E-state index contributed by atoms with van der Waals surface area (Å²) in [5.41, 5.74) is 5.16. The van der Waals surface area contributed by atoms with Gasteiger partial charge in [-0.15, -0.1) is 0 Å². The zero-order valence-electron chi connectivity index (χ0n) is 16.2. The molecule has 0 aliphatic heterocycles. The Hall–Kier alpha value is -0.780. The van der Waals surface area contributed by atoms with Gasteiger partial charge in [-0.3, -0.25) is 0 Å². The van der Waals surface area contributed by atoms with Crippen molar-refractivity contribution in [2.24, 2.45) is 11.8 Å². The van der Waals surface area contributed by atoms with Gasteiger partial charge in [0.1, 0.15) is 0 Å². The fourth-order valence-electron chi connectivity index (χ4n) is 4.76. The highest BCUT2D eigenvalue weighted by Crippen LogP contribution is 2.49. The Morgan fingerprint density at radius 2 is 1.13 bits per heavy atom. The Bertz CT molecular complexity index is 506. The maximum atomic E-state index is 2.54. The molecule has 0 heteroatoms. The lowest BCUT2D eigenvalue weighted by Crippen LogP contribution is -2.17. The second kappa shape index (κ2) is 5.94. The van der Waals surface area contributed by atoms with Crippen molar-refractivity contribution in [3.05, 3.63) is 34.9 Å². The molecule has 2 saturated carbocycles. The number of fused-ring (bicyclic) bond motifs is 1. The third-order valence-electron chi connectivity index (χ3n) is 6.40. The van der Waals surface area contributed by atoms with Gasteiger partial charge in [0.15, 0.2) is 0 Å². The Morgan fingerprint density at radius 3 is 1.52 bits per heavy atom. The summed E-state index contributed by atoms with van der Waals surface area (Å²) in [6, 6.07) is 7.54. The molecule has 0 spiro atoms. The highest BCUT2D eigenvalue weighted by Gasteiger charge is 2.36. The third-order valence-corrected chi connectivity index (χ3v) is 6.40. The van der Waals surface area contributed by atoms with Crippen molar-refractivity contribution in [3.8, 4) is 0 Å². The first-order valence-electron chi connectivity index (χ1n) is 9.80. The lowest BCUT2D eigenvalue weighted by molar-refractivity contribution is 0.277. The van der Waals surface area contributed by atoms with E-state index in [9.17, 15) is 0 Å². The lowest BCUT2D eigenvalue weighted by Gasteiger charge is -2.27. The molecule has 2 fully saturated rings. The summed E-state index contributed by atoms with van der Waals surface area (Å²) in [6.45, 7) is 14.1. The highest BCUT2D eigenvalue weighted by atomic mass is 14.4. The minimum Gasteiger partial charge on any atom is -0.0561 e. The van der Waals surface area contributed by atoms with Gasteiger partial charge in [-0.25, -0.2) is 0 Å². The van der Waals surface area contributed by atoms with Gasteiger partial charge in [-0.1, -0.05) is 85.4 Å². The average molecular weight is 313 g/mol. The Balaban J connectivity index is 1.95. The van der Waals surface area contributed by atoms with E-state index in [1.54, 1.807) is 5.56 Å². The summed E-state index contributed by atoms with van der Waals surface area (Å²) in [5.74, 6) is 2.85. The largest absolute Gasteiger partial charge is 0.0561 e. The average Bonchev–Trinajstić information content (AvgIpc) is 2.89. The van der Waals surface area contributed by atoms with E-state index in [4.69, 9.17) is 0 Å². The third kappa shape index (κ3) is 3.67. The molecule has 23 heavy (non-hydrogen) atoms. The predicted octanol–water partition coefficient (Wildman–Crippen LogP) is 6.97. The minimum atomic E-state index is 0.237. The van der Waals surface area contributed by atoms with Crippen molar-refractivity contribution in [1.82, 2.24) is 0 Å². The lowest BCUT2D eigenvalue weighted by atomic mass is 9.78. The topological polar surface area (TPSA) is 0 Å². The van der Waals surface area contributed by atoms with E-state index < -0.39 is 0 Å². The maximum absolute atomic E-state index is 2.54. The molecule has 0 bridgehead atoms. The van der Waals surface area contributed by atoms with Gasteiger partial charge < -0.3 is 0 Å². The number of rotatable bonds is 1. The van der Waals surface area contributed by atoms with E-state index in [-0.39, 0.29) is 10.8 Å². The second-order valence-corrected chi connectivity index (χ2v) is 10.3. The van der Waals surface area contributed by atoms with Gasteiger partial charge in [0.2, 0.25) is 0 Å². The van der Waals surface area contributed by atoms with Crippen molar-refractivity contribution >= 4 is 0 Å². The van der Waals surface area contributed by atoms with Crippen molar-refractivity contribution in [1.29, 1.82) is 0 Å². The highest BCUT2D eigenvalue weighted by molar-refractivity contribution is 5.39.